The second kappa shape index (κ2) is 5.75. The number of thiophene rings is 1. The molecule has 1 aromatic rings. The molecule has 0 bridgehead atoms. The number of piperidine rings is 1. The predicted molar refractivity (Wildman–Crippen MR) is 83.8 cm³/mol. The fourth-order valence-corrected chi connectivity index (χ4v) is 5.07. The van der Waals surface area contributed by atoms with Gasteiger partial charge in [0.05, 0.1) is 0 Å². The van der Waals surface area contributed by atoms with E-state index < -0.39 is 10.0 Å². The highest BCUT2D eigenvalue weighted by Crippen LogP contribution is 2.32. The monoisotopic (exact) mass is 316 g/mol. The SMILES string of the molecule is CC1CNCCC1NS(=O)(=O)c1ccc(C(C)(C)C)s1. The van der Waals surface area contributed by atoms with Crippen LogP contribution in [-0.2, 0) is 15.4 Å². The summed E-state index contributed by atoms with van der Waals surface area (Å²) in [5, 5.41) is 3.28. The Kier molecular flexibility index (Phi) is 4.59. The molecular formula is C14H24N2O2S2. The Balaban J connectivity index is 2.16. The molecule has 1 aliphatic rings. The first kappa shape index (κ1) is 15.9. The molecule has 1 saturated heterocycles. The molecule has 20 heavy (non-hydrogen) atoms. The summed E-state index contributed by atoms with van der Waals surface area (Å²) in [5.74, 6) is 0.320. The maximum absolute atomic E-state index is 12.5. The van der Waals surface area contributed by atoms with Crippen LogP contribution in [0.5, 0.6) is 0 Å². The van der Waals surface area contributed by atoms with E-state index in [9.17, 15) is 8.42 Å². The van der Waals surface area contributed by atoms with E-state index in [1.165, 1.54) is 11.3 Å². The third-order valence-corrected chi connectivity index (χ3v) is 7.17. The molecule has 2 N–H and O–H groups in total. The van der Waals surface area contributed by atoms with Crippen molar-refractivity contribution in [3.63, 3.8) is 0 Å². The first-order valence-corrected chi connectivity index (χ1v) is 9.33. The highest BCUT2D eigenvalue weighted by Gasteiger charge is 2.28. The fraction of sp³-hybridized carbons (Fsp3) is 0.714. The molecule has 2 heterocycles. The standard InChI is InChI=1S/C14H24N2O2S2/c1-10-9-15-8-7-11(10)16-20(17,18)13-6-5-12(19-13)14(2,3)4/h5-6,10-11,15-16H,7-9H2,1-4H3. The largest absolute Gasteiger partial charge is 0.316 e. The highest BCUT2D eigenvalue weighted by molar-refractivity contribution is 7.91. The minimum absolute atomic E-state index is 0.0134. The molecule has 0 spiro atoms. The lowest BCUT2D eigenvalue weighted by Gasteiger charge is -2.29. The van der Waals surface area contributed by atoms with E-state index in [0.29, 0.717) is 10.1 Å². The van der Waals surface area contributed by atoms with Gasteiger partial charge in [0, 0.05) is 10.9 Å². The van der Waals surface area contributed by atoms with Gasteiger partial charge in [-0.25, -0.2) is 13.1 Å². The Bertz CT molecular complexity index is 558. The summed E-state index contributed by atoms with van der Waals surface area (Å²) >= 11 is 1.37. The molecule has 114 valence electrons. The van der Waals surface area contributed by atoms with Gasteiger partial charge in [0.25, 0.3) is 0 Å². The molecular weight excluding hydrogens is 292 g/mol. The molecule has 2 atom stereocenters. The van der Waals surface area contributed by atoms with Gasteiger partial charge in [0.2, 0.25) is 10.0 Å². The van der Waals surface area contributed by atoms with Crippen molar-refractivity contribution >= 4 is 21.4 Å². The van der Waals surface area contributed by atoms with Crippen LogP contribution in [0.25, 0.3) is 0 Å². The lowest BCUT2D eigenvalue weighted by atomic mass is 9.95. The zero-order valence-corrected chi connectivity index (χ0v) is 14.2. The Hall–Kier alpha value is -0.430. The van der Waals surface area contributed by atoms with E-state index in [0.717, 1.165) is 24.4 Å². The predicted octanol–water partition coefficient (Wildman–Crippen LogP) is 2.32. The molecule has 1 aliphatic heterocycles. The number of hydrogen-bond donors (Lipinski definition) is 2. The average molecular weight is 316 g/mol. The molecule has 2 rings (SSSR count). The van der Waals surface area contributed by atoms with Crippen LogP contribution in [-0.4, -0.2) is 27.5 Å². The van der Waals surface area contributed by atoms with Crippen LogP contribution < -0.4 is 10.0 Å². The Labute approximate surface area is 126 Å². The Morgan fingerprint density at radius 2 is 2.05 bits per heavy atom. The minimum Gasteiger partial charge on any atom is -0.316 e. The zero-order chi connectivity index (χ0) is 15.0. The molecule has 2 unspecified atom stereocenters. The molecule has 0 saturated carbocycles. The third-order valence-electron chi connectivity index (χ3n) is 3.68. The second-order valence-electron chi connectivity index (χ2n) is 6.57. The van der Waals surface area contributed by atoms with E-state index in [1.807, 2.05) is 6.07 Å². The van der Waals surface area contributed by atoms with Gasteiger partial charge in [-0.15, -0.1) is 11.3 Å². The summed E-state index contributed by atoms with van der Waals surface area (Å²) in [4.78, 5) is 1.09. The molecule has 1 aromatic heterocycles. The molecule has 1 fully saturated rings. The lowest BCUT2D eigenvalue weighted by molar-refractivity contribution is 0.328. The van der Waals surface area contributed by atoms with Crippen molar-refractivity contribution in [3.05, 3.63) is 17.0 Å². The number of rotatable bonds is 3. The maximum Gasteiger partial charge on any atom is 0.250 e. The summed E-state index contributed by atoms with van der Waals surface area (Å²) in [6.07, 6.45) is 0.845. The van der Waals surface area contributed by atoms with Crippen molar-refractivity contribution in [2.45, 2.75) is 49.8 Å². The smallest absolute Gasteiger partial charge is 0.250 e. The highest BCUT2D eigenvalue weighted by atomic mass is 32.2. The fourth-order valence-electron chi connectivity index (χ4n) is 2.31. The van der Waals surface area contributed by atoms with Crippen LogP contribution >= 0.6 is 11.3 Å². The maximum atomic E-state index is 12.5. The van der Waals surface area contributed by atoms with Gasteiger partial charge in [-0.1, -0.05) is 27.7 Å². The molecule has 6 heteroatoms. The van der Waals surface area contributed by atoms with Crippen molar-refractivity contribution in [2.75, 3.05) is 13.1 Å². The van der Waals surface area contributed by atoms with Crippen molar-refractivity contribution < 1.29 is 8.42 Å². The van der Waals surface area contributed by atoms with E-state index in [-0.39, 0.29) is 11.5 Å². The summed E-state index contributed by atoms with van der Waals surface area (Å²) in [6, 6.07) is 3.67. The quantitative estimate of drug-likeness (QED) is 0.900. The Morgan fingerprint density at radius 3 is 2.60 bits per heavy atom. The Morgan fingerprint density at radius 1 is 1.35 bits per heavy atom. The summed E-state index contributed by atoms with van der Waals surface area (Å²) in [6.45, 7) is 10.1. The van der Waals surface area contributed by atoms with E-state index in [2.05, 4.69) is 37.7 Å². The first-order valence-electron chi connectivity index (χ1n) is 7.03. The van der Waals surface area contributed by atoms with E-state index in [4.69, 9.17) is 0 Å². The zero-order valence-electron chi connectivity index (χ0n) is 12.6. The van der Waals surface area contributed by atoms with Crippen molar-refractivity contribution in [1.82, 2.24) is 10.0 Å². The summed E-state index contributed by atoms with van der Waals surface area (Å²) < 4.78 is 28.2. The second-order valence-corrected chi connectivity index (χ2v) is 9.59. The van der Waals surface area contributed by atoms with Gasteiger partial charge in [-0.05, 0) is 43.0 Å². The van der Waals surface area contributed by atoms with Crippen LogP contribution in [0.3, 0.4) is 0 Å². The van der Waals surface area contributed by atoms with Gasteiger partial charge in [-0.2, -0.15) is 0 Å². The topological polar surface area (TPSA) is 58.2 Å². The average Bonchev–Trinajstić information content (AvgIpc) is 2.81. The van der Waals surface area contributed by atoms with Gasteiger partial charge in [0.1, 0.15) is 4.21 Å². The van der Waals surface area contributed by atoms with Crippen LogP contribution in [0.1, 0.15) is 39.0 Å². The summed E-state index contributed by atoms with van der Waals surface area (Å²) in [5.41, 5.74) is -0.0134. The first-order chi connectivity index (χ1) is 9.20. The molecule has 0 aliphatic carbocycles. The normalized spacial score (nSPS) is 24.8. The molecule has 4 nitrogen and oxygen atoms in total. The number of sulfonamides is 1. The molecule has 0 radical (unpaired) electrons. The van der Waals surface area contributed by atoms with Gasteiger partial charge < -0.3 is 5.32 Å². The van der Waals surface area contributed by atoms with Crippen LogP contribution in [0.4, 0.5) is 0 Å². The van der Waals surface area contributed by atoms with Crippen molar-refractivity contribution in [1.29, 1.82) is 0 Å². The van der Waals surface area contributed by atoms with Crippen molar-refractivity contribution in [2.24, 2.45) is 5.92 Å². The van der Waals surface area contributed by atoms with Crippen LogP contribution in [0.15, 0.2) is 16.3 Å². The van der Waals surface area contributed by atoms with Gasteiger partial charge in [-0.3, -0.25) is 0 Å². The molecule has 0 aromatic carbocycles. The molecule has 0 amide bonds. The van der Waals surface area contributed by atoms with Gasteiger partial charge in [0.15, 0.2) is 0 Å². The van der Waals surface area contributed by atoms with Crippen molar-refractivity contribution in [3.8, 4) is 0 Å². The number of nitrogens with one attached hydrogen (secondary N) is 2. The number of hydrogen-bond acceptors (Lipinski definition) is 4. The third kappa shape index (κ3) is 3.61. The van der Waals surface area contributed by atoms with Gasteiger partial charge >= 0.3 is 0 Å². The van der Waals surface area contributed by atoms with E-state index >= 15 is 0 Å². The van der Waals surface area contributed by atoms with Crippen LogP contribution in [0, 0.1) is 5.92 Å². The van der Waals surface area contributed by atoms with E-state index in [1.54, 1.807) is 6.07 Å². The van der Waals surface area contributed by atoms with Crippen LogP contribution in [0.2, 0.25) is 0 Å². The summed E-state index contributed by atoms with van der Waals surface area (Å²) in [7, 11) is -3.39. The lowest BCUT2D eigenvalue weighted by Crippen LogP contribution is -2.48. The minimum atomic E-state index is -3.39.